The van der Waals surface area contributed by atoms with E-state index >= 15 is 0 Å². The van der Waals surface area contributed by atoms with Gasteiger partial charge in [0.1, 0.15) is 9.90 Å². The first-order valence-electron chi connectivity index (χ1n) is 6.79. The second-order valence-corrected chi connectivity index (χ2v) is 7.84. The van der Waals surface area contributed by atoms with Crippen molar-refractivity contribution in [2.75, 3.05) is 16.8 Å². The minimum absolute atomic E-state index is 0.120. The largest absolute Gasteiger partial charge is 0.382 e. The van der Waals surface area contributed by atoms with E-state index in [9.17, 15) is 8.42 Å². The normalized spacial score (nSPS) is 17.5. The molecule has 0 radical (unpaired) electrons. The van der Waals surface area contributed by atoms with E-state index in [1.165, 1.54) is 19.3 Å². The van der Waals surface area contributed by atoms with E-state index in [2.05, 4.69) is 9.69 Å². The van der Waals surface area contributed by atoms with Crippen molar-refractivity contribution in [3.8, 4) is 0 Å². The number of aromatic nitrogens is 1. The van der Waals surface area contributed by atoms with Gasteiger partial charge in [-0.1, -0.05) is 26.2 Å². The summed E-state index contributed by atoms with van der Waals surface area (Å²) in [5.74, 6) is 0.256. The molecule has 1 heterocycles. The zero-order valence-corrected chi connectivity index (χ0v) is 12.8. The maximum Gasteiger partial charge on any atom is 0.185 e. The van der Waals surface area contributed by atoms with Crippen molar-refractivity contribution in [3.05, 3.63) is 0 Å². The molecule has 0 aliphatic heterocycles. The Morgan fingerprint density at radius 3 is 2.68 bits per heavy atom. The lowest BCUT2D eigenvalue weighted by Crippen LogP contribution is -2.23. The first kappa shape index (κ1) is 14.6. The van der Waals surface area contributed by atoms with Gasteiger partial charge < -0.3 is 11.1 Å². The van der Waals surface area contributed by atoms with Gasteiger partial charge in [-0.25, -0.2) is 8.42 Å². The van der Waals surface area contributed by atoms with Crippen LogP contribution in [0.2, 0.25) is 0 Å². The molecule has 0 amide bonds. The van der Waals surface area contributed by atoms with E-state index in [0.29, 0.717) is 17.5 Å². The van der Waals surface area contributed by atoms with Crippen molar-refractivity contribution in [1.82, 2.24) is 4.37 Å². The molecule has 1 aliphatic rings. The molecule has 7 heteroatoms. The molecule has 5 nitrogen and oxygen atoms in total. The van der Waals surface area contributed by atoms with Crippen LogP contribution < -0.4 is 11.1 Å². The standard InChI is InChI=1S/C12H21N3O2S2/c1-2-8-19(16,17)10-11(13)15-18-12(10)14-9-6-4-3-5-7-9/h9,14H,2-8H2,1H3,(H2,13,15). The molecule has 1 saturated carbocycles. The third kappa shape index (κ3) is 3.39. The summed E-state index contributed by atoms with van der Waals surface area (Å²) in [7, 11) is -3.32. The molecule has 1 aromatic heterocycles. The number of hydrogen-bond acceptors (Lipinski definition) is 6. The molecule has 19 heavy (non-hydrogen) atoms. The first-order chi connectivity index (χ1) is 9.04. The fourth-order valence-electron chi connectivity index (χ4n) is 2.49. The first-order valence-corrected chi connectivity index (χ1v) is 9.21. The average Bonchev–Trinajstić information content (AvgIpc) is 2.72. The van der Waals surface area contributed by atoms with Crippen molar-refractivity contribution in [1.29, 1.82) is 0 Å². The Bertz CT molecular complexity index is 519. The number of nitrogens with zero attached hydrogens (tertiary/aromatic N) is 1. The average molecular weight is 303 g/mol. The van der Waals surface area contributed by atoms with E-state index in [1.54, 1.807) is 0 Å². The topological polar surface area (TPSA) is 85.1 Å². The summed E-state index contributed by atoms with van der Waals surface area (Å²) in [6, 6.07) is 0.351. The summed E-state index contributed by atoms with van der Waals surface area (Å²) in [6.07, 6.45) is 6.42. The number of nitrogens with one attached hydrogen (secondary N) is 1. The smallest absolute Gasteiger partial charge is 0.185 e. The molecular formula is C12H21N3O2S2. The van der Waals surface area contributed by atoms with Crippen molar-refractivity contribution in [2.45, 2.75) is 56.4 Å². The van der Waals surface area contributed by atoms with Crippen LogP contribution in [-0.4, -0.2) is 24.6 Å². The summed E-state index contributed by atoms with van der Waals surface area (Å²) in [6.45, 7) is 1.85. The van der Waals surface area contributed by atoms with Crippen LogP contribution in [-0.2, 0) is 9.84 Å². The summed E-state index contributed by atoms with van der Waals surface area (Å²) < 4.78 is 28.5. The van der Waals surface area contributed by atoms with Crippen molar-refractivity contribution in [2.24, 2.45) is 0 Å². The Hall–Kier alpha value is -0.820. The van der Waals surface area contributed by atoms with Crippen LogP contribution in [0.15, 0.2) is 4.90 Å². The van der Waals surface area contributed by atoms with E-state index in [1.807, 2.05) is 6.92 Å². The zero-order chi connectivity index (χ0) is 13.9. The molecule has 0 unspecified atom stereocenters. The summed E-state index contributed by atoms with van der Waals surface area (Å²) in [4.78, 5) is 0.213. The van der Waals surface area contributed by atoms with Crippen LogP contribution in [0.5, 0.6) is 0 Å². The van der Waals surface area contributed by atoms with Gasteiger partial charge in [-0.2, -0.15) is 4.37 Å². The highest BCUT2D eigenvalue weighted by Crippen LogP contribution is 2.34. The fourth-order valence-corrected chi connectivity index (χ4v) is 5.18. The molecule has 0 atom stereocenters. The van der Waals surface area contributed by atoms with Crippen LogP contribution in [0, 0.1) is 0 Å². The van der Waals surface area contributed by atoms with Crippen LogP contribution in [0.4, 0.5) is 10.8 Å². The van der Waals surface area contributed by atoms with Crippen molar-refractivity contribution < 1.29 is 8.42 Å². The molecule has 0 aromatic carbocycles. The number of nitrogens with two attached hydrogens (primary N) is 1. The Balaban J connectivity index is 2.22. The highest BCUT2D eigenvalue weighted by molar-refractivity contribution is 7.91. The minimum Gasteiger partial charge on any atom is -0.382 e. The van der Waals surface area contributed by atoms with Crippen molar-refractivity contribution >= 4 is 32.2 Å². The van der Waals surface area contributed by atoms with Crippen LogP contribution >= 0.6 is 11.5 Å². The second kappa shape index (κ2) is 6.09. The van der Waals surface area contributed by atoms with Gasteiger partial charge >= 0.3 is 0 Å². The van der Waals surface area contributed by atoms with Gasteiger partial charge in [0.2, 0.25) is 0 Å². The lowest BCUT2D eigenvalue weighted by molar-refractivity contribution is 0.463. The Labute approximate surface area is 118 Å². The molecule has 0 bridgehead atoms. The van der Waals surface area contributed by atoms with E-state index < -0.39 is 9.84 Å². The highest BCUT2D eigenvalue weighted by Gasteiger charge is 2.26. The summed E-state index contributed by atoms with van der Waals surface area (Å²) >= 11 is 1.16. The summed E-state index contributed by atoms with van der Waals surface area (Å²) in [5, 5.41) is 3.95. The van der Waals surface area contributed by atoms with Gasteiger partial charge in [-0.3, -0.25) is 0 Å². The second-order valence-electron chi connectivity index (χ2n) is 5.02. The molecule has 0 saturated heterocycles. The maximum absolute atomic E-state index is 12.2. The molecule has 1 fully saturated rings. The molecule has 1 aromatic rings. The molecule has 108 valence electrons. The summed E-state index contributed by atoms with van der Waals surface area (Å²) in [5.41, 5.74) is 5.74. The molecule has 2 rings (SSSR count). The third-order valence-electron chi connectivity index (χ3n) is 3.40. The van der Waals surface area contributed by atoms with Gasteiger partial charge in [-0.15, -0.1) is 0 Å². The Morgan fingerprint density at radius 1 is 1.37 bits per heavy atom. The number of sulfone groups is 1. The monoisotopic (exact) mass is 303 g/mol. The zero-order valence-electron chi connectivity index (χ0n) is 11.2. The van der Waals surface area contributed by atoms with Gasteiger partial charge in [0.15, 0.2) is 15.7 Å². The number of rotatable bonds is 5. The predicted octanol–water partition coefficient (Wildman–Crippen LogP) is 2.65. The number of nitrogen functional groups attached to an aromatic ring is 1. The van der Waals surface area contributed by atoms with Crippen LogP contribution in [0.3, 0.4) is 0 Å². The Morgan fingerprint density at radius 2 is 2.05 bits per heavy atom. The van der Waals surface area contributed by atoms with Crippen LogP contribution in [0.25, 0.3) is 0 Å². The quantitative estimate of drug-likeness (QED) is 0.873. The molecule has 1 aliphatic carbocycles. The van der Waals surface area contributed by atoms with Crippen molar-refractivity contribution in [3.63, 3.8) is 0 Å². The molecule has 0 spiro atoms. The van der Waals surface area contributed by atoms with Gasteiger partial charge in [0.05, 0.1) is 5.75 Å². The van der Waals surface area contributed by atoms with E-state index in [-0.39, 0.29) is 16.5 Å². The lowest BCUT2D eigenvalue weighted by Gasteiger charge is -2.23. The SMILES string of the molecule is CCCS(=O)(=O)c1c(N)nsc1NC1CCCCC1. The van der Waals surface area contributed by atoms with E-state index in [4.69, 9.17) is 5.73 Å². The lowest BCUT2D eigenvalue weighted by atomic mass is 9.96. The predicted molar refractivity (Wildman–Crippen MR) is 79.4 cm³/mol. The molecule has 3 N–H and O–H groups in total. The van der Waals surface area contributed by atoms with Crippen LogP contribution in [0.1, 0.15) is 45.4 Å². The minimum atomic E-state index is -3.32. The Kier molecular flexibility index (Phi) is 4.67. The highest BCUT2D eigenvalue weighted by atomic mass is 32.2. The van der Waals surface area contributed by atoms with Gasteiger partial charge in [0, 0.05) is 6.04 Å². The van der Waals surface area contributed by atoms with Gasteiger partial charge in [-0.05, 0) is 30.8 Å². The van der Waals surface area contributed by atoms with Gasteiger partial charge in [0.25, 0.3) is 0 Å². The number of hydrogen-bond donors (Lipinski definition) is 2. The third-order valence-corrected chi connectivity index (χ3v) is 6.30. The maximum atomic E-state index is 12.2. The molecular weight excluding hydrogens is 282 g/mol. The fraction of sp³-hybridized carbons (Fsp3) is 0.750. The number of anilines is 2. The van der Waals surface area contributed by atoms with E-state index in [0.717, 1.165) is 24.4 Å².